The number of aromatic nitrogens is 3. The molecule has 3 rings (SSSR count). The first-order valence-electron chi connectivity index (χ1n) is 8.75. The van der Waals surface area contributed by atoms with Crippen LogP contribution in [0.25, 0.3) is 0 Å². The third kappa shape index (κ3) is 4.08. The van der Waals surface area contributed by atoms with E-state index in [9.17, 15) is 9.59 Å². The zero-order valence-corrected chi connectivity index (χ0v) is 14.8. The first-order chi connectivity index (χ1) is 12.7. The van der Waals surface area contributed by atoms with E-state index < -0.39 is 0 Å². The molecule has 8 heteroatoms. The minimum absolute atomic E-state index is 0.280. The first kappa shape index (κ1) is 18.1. The Kier molecular flexibility index (Phi) is 5.96. The Morgan fingerprint density at radius 3 is 2.88 bits per heavy atom. The van der Waals surface area contributed by atoms with Crippen LogP contribution in [0.5, 0.6) is 0 Å². The maximum atomic E-state index is 12.6. The van der Waals surface area contributed by atoms with Crippen molar-refractivity contribution in [3.63, 3.8) is 0 Å². The quantitative estimate of drug-likeness (QED) is 0.718. The molecule has 0 bridgehead atoms. The molecule has 26 heavy (non-hydrogen) atoms. The number of nitrogens with zero attached hydrogens (tertiary/aromatic N) is 3. The number of amides is 2. The van der Waals surface area contributed by atoms with Crippen molar-refractivity contribution < 1.29 is 14.3 Å². The molecule has 0 aromatic carbocycles. The summed E-state index contributed by atoms with van der Waals surface area (Å²) in [5, 5.41) is 5.61. The van der Waals surface area contributed by atoms with Crippen LogP contribution in [-0.4, -0.2) is 46.6 Å². The Morgan fingerprint density at radius 2 is 2.12 bits per heavy atom. The average molecular weight is 357 g/mol. The molecule has 0 saturated heterocycles. The number of rotatable bonds is 7. The number of hydrogen-bond donors (Lipinski definition) is 2. The molecule has 2 aromatic rings. The lowest BCUT2D eigenvalue weighted by Gasteiger charge is -2.17. The van der Waals surface area contributed by atoms with Gasteiger partial charge in [-0.1, -0.05) is 6.07 Å². The second kappa shape index (κ2) is 8.57. The SMILES string of the molecule is COCCNC(=O)c1nc(C(=O)NCc2ccccn2)c2n1CCCC2. The van der Waals surface area contributed by atoms with Crippen molar-refractivity contribution in [1.82, 2.24) is 25.2 Å². The van der Waals surface area contributed by atoms with Crippen molar-refractivity contribution in [2.75, 3.05) is 20.3 Å². The topological polar surface area (TPSA) is 98.1 Å². The smallest absolute Gasteiger partial charge is 0.287 e. The summed E-state index contributed by atoms with van der Waals surface area (Å²) in [5.74, 6) is -0.273. The van der Waals surface area contributed by atoms with Crippen LogP contribution in [0.3, 0.4) is 0 Å². The van der Waals surface area contributed by atoms with Gasteiger partial charge >= 0.3 is 0 Å². The molecule has 2 aromatic heterocycles. The van der Waals surface area contributed by atoms with Gasteiger partial charge in [0.05, 0.1) is 24.5 Å². The zero-order chi connectivity index (χ0) is 18.4. The molecule has 3 heterocycles. The maximum Gasteiger partial charge on any atom is 0.287 e. The fourth-order valence-electron chi connectivity index (χ4n) is 3.00. The van der Waals surface area contributed by atoms with E-state index in [0.29, 0.717) is 37.8 Å². The molecule has 0 atom stereocenters. The summed E-state index contributed by atoms with van der Waals surface area (Å²) < 4.78 is 6.81. The number of ether oxygens (including phenoxy) is 1. The summed E-state index contributed by atoms with van der Waals surface area (Å²) in [7, 11) is 1.58. The minimum atomic E-state index is -0.283. The molecule has 0 spiro atoms. The predicted octanol–water partition coefficient (Wildman–Crippen LogP) is 0.921. The number of imidazole rings is 1. The maximum absolute atomic E-state index is 12.6. The van der Waals surface area contributed by atoms with Gasteiger partial charge in [-0.2, -0.15) is 0 Å². The number of pyridine rings is 1. The second-order valence-electron chi connectivity index (χ2n) is 6.09. The monoisotopic (exact) mass is 357 g/mol. The molecule has 1 aliphatic rings. The molecule has 0 unspecified atom stereocenters. The van der Waals surface area contributed by atoms with Crippen LogP contribution in [0.1, 0.15) is 45.3 Å². The molecule has 138 valence electrons. The van der Waals surface area contributed by atoms with Crippen molar-refractivity contribution in [3.05, 3.63) is 47.3 Å². The Hall–Kier alpha value is -2.74. The minimum Gasteiger partial charge on any atom is -0.383 e. The molecule has 0 saturated carbocycles. The fraction of sp³-hybridized carbons (Fsp3) is 0.444. The largest absolute Gasteiger partial charge is 0.383 e. The highest BCUT2D eigenvalue weighted by atomic mass is 16.5. The predicted molar refractivity (Wildman–Crippen MR) is 94.8 cm³/mol. The van der Waals surface area contributed by atoms with Crippen molar-refractivity contribution >= 4 is 11.8 Å². The van der Waals surface area contributed by atoms with Gasteiger partial charge in [0.25, 0.3) is 11.8 Å². The van der Waals surface area contributed by atoms with Crippen molar-refractivity contribution in [3.8, 4) is 0 Å². The number of fused-ring (bicyclic) bond motifs is 1. The number of nitrogens with one attached hydrogen (secondary N) is 2. The van der Waals surface area contributed by atoms with Gasteiger partial charge in [0.15, 0.2) is 5.82 Å². The lowest BCUT2D eigenvalue weighted by Crippen LogP contribution is -2.30. The van der Waals surface area contributed by atoms with E-state index in [-0.39, 0.29) is 11.8 Å². The second-order valence-corrected chi connectivity index (χ2v) is 6.09. The highest BCUT2D eigenvalue weighted by Gasteiger charge is 2.27. The summed E-state index contributed by atoms with van der Waals surface area (Å²) in [6, 6.07) is 5.54. The number of methoxy groups -OCH3 is 1. The third-order valence-corrected chi connectivity index (χ3v) is 4.28. The average Bonchev–Trinajstić information content (AvgIpc) is 3.07. The van der Waals surface area contributed by atoms with E-state index in [1.165, 1.54) is 0 Å². The summed E-state index contributed by atoms with van der Waals surface area (Å²) in [5.41, 5.74) is 1.93. The molecule has 8 nitrogen and oxygen atoms in total. The Morgan fingerprint density at radius 1 is 1.23 bits per heavy atom. The van der Waals surface area contributed by atoms with Gasteiger partial charge in [0, 0.05) is 26.4 Å². The van der Waals surface area contributed by atoms with Crippen LogP contribution in [0.2, 0.25) is 0 Å². The van der Waals surface area contributed by atoms with Gasteiger partial charge in [0.1, 0.15) is 5.69 Å². The van der Waals surface area contributed by atoms with E-state index in [1.54, 1.807) is 13.3 Å². The number of carbonyl (C=O) groups is 2. The molecule has 1 aliphatic heterocycles. The van der Waals surface area contributed by atoms with Crippen molar-refractivity contribution in [2.24, 2.45) is 0 Å². The van der Waals surface area contributed by atoms with Crippen LogP contribution in [-0.2, 0) is 24.2 Å². The van der Waals surface area contributed by atoms with Gasteiger partial charge in [0.2, 0.25) is 0 Å². The van der Waals surface area contributed by atoms with E-state index in [0.717, 1.165) is 30.7 Å². The van der Waals surface area contributed by atoms with Gasteiger partial charge in [-0.05, 0) is 31.4 Å². The number of hydrogen-bond acceptors (Lipinski definition) is 5. The number of carbonyl (C=O) groups excluding carboxylic acids is 2. The van der Waals surface area contributed by atoms with Crippen LogP contribution >= 0.6 is 0 Å². The highest BCUT2D eigenvalue weighted by molar-refractivity contribution is 5.97. The molecular formula is C18H23N5O3. The Bertz CT molecular complexity index is 773. The fourth-order valence-corrected chi connectivity index (χ4v) is 3.00. The third-order valence-electron chi connectivity index (χ3n) is 4.28. The van der Waals surface area contributed by atoms with Crippen molar-refractivity contribution in [2.45, 2.75) is 32.4 Å². The molecule has 0 fully saturated rings. The zero-order valence-electron chi connectivity index (χ0n) is 14.8. The van der Waals surface area contributed by atoms with Crippen LogP contribution < -0.4 is 10.6 Å². The standard InChI is InChI=1S/C18H23N5O3/c1-26-11-9-20-18(25)16-22-15(14-7-3-5-10-23(14)16)17(24)21-12-13-6-2-4-8-19-13/h2,4,6,8H,3,5,7,9-12H2,1H3,(H,20,25)(H,21,24). The summed E-state index contributed by atoms with van der Waals surface area (Å²) in [4.78, 5) is 33.6. The van der Waals surface area contributed by atoms with Gasteiger partial charge < -0.3 is 19.9 Å². The van der Waals surface area contributed by atoms with E-state index in [1.807, 2.05) is 22.8 Å². The normalized spacial score (nSPS) is 13.1. The van der Waals surface area contributed by atoms with E-state index >= 15 is 0 Å². The van der Waals surface area contributed by atoms with Gasteiger partial charge in [-0.25, -0.2) is 4.98 Å². The Balaban J connectivity index is 1.76. The summed E-state index contributed by atoms with van der Waals surface area (Å²) >= 11 is 0. The molecule has 2 amide bonds. The highest BCUT2D eigenvalue weighted by Crippen LogP contribution is 2.21. The van der Waals surface area contributed by atoms with Crippen molar-refractivity contribution in [1.29, 1.82) is 0 Å². The first-order valence-corrected chi connectivity index (χ1v) is 8.75. The van der Waals surface area contributed by atoms with Crippen LogP contribution in [0.15, 0.2) is 24.4 Å². The molecular weight excluding hydrogens is 334 g/mol. The van der Waals surface area contributed by atoms with Crippen LogP contribution in [0, 0.1) is 0 Å². The van der Waals surface area contributed by atoms with E-state index in [4.69, 9.17) is 4.74 Å². The Labute approximate surface area is 152 Å². The van der Waals surface area contributed by atoms with E-state index in [2.05, 4.69) is 20.6 Å². The molecule has 2 N–H and O–H groups in total. The lowest BCUT2D eigenvalue weighted by atomic mass is 10.1. The summed E-state index contributed by atoms with van der Waals surface area (Å²) in [6.07, 6.45) is 4.38. The van der Waals surface area contributed by atoms with Gasteiger partial charge in [-0.15, -0.1) is 0 Å². The molecule has 0 radical (unpaired) electrons. The lowest BCUT2D eigenvalue weighted by molar-refractivity contribution is 0.0921. The molecule has 0 aliphatic carbocycles. The van der Waals surface area contributed by atoms with Crippen LogP contribution in [0.4, 0.5) is 0 Å². The van der Waals surface area contributed by atoms with Gasteiger partial charge in [-0.3, -0.25) is 14.6 Å². The summed E-state index contributed by atoms with van der Waals surface area (Å²) in [6.45, 7) is 1.85.